The van der Waals surface area contributed by atoms with Crippen molar-refractivity contribution in [2.24, 2.45) is 11.1 Å². The molecule has 0 aliphatic heterocycles. The molecule has 2 bridgehead atoms. The minimum atomic E-state index is -0.0405. The Balaban J connectivity index is 1.61. The lowest BCUT2D eigenvalue weighted by molar-refractivity contribution is -0.124. The van der Waals surface area contributed by atoms with Crippen molar-refractivity contribution in [2.75, 3.05) is 19.8 Å². The average molecular weight is 375 g/mol. The van der Waals surface area contributed by atoms with Gasteiger partial charge >= 0.3 is 0 Å². The molecule has 3 fully saturated rings. The van der Waals surface area contributed by atoms with Crippen molar-refractivity contribution in [3.8, 4) is 5.75 Å². The molecule has 0 radical (unpaired) electrons. The van der Waals surface area contributed by atoms with Gasteiger partial charge in [-0.15, -0.1) is 0 Å². The van der Waals surface area contributed by atoms with Crippen LogP contribution in [-0.2, 0) is 10.2 Å². The SMILES string of the molecule is NC/C(=C\F)COc1ccc(C23CCC(CC(=O)CCO)(CC2)CC3)cc1. The number of Topliss-reactive ketones (excluding diaryl/α,β-unsaturated/α-hetero) is 1. The number of aliphatic hydroxyl groups is 1. The lowest BCUT2D eigenvalue weighted by Crippen LogP contribution is -2.45. The predicted octanol–water partition coefficient (Wildman–Crippen LogP) is 3.81. The van der Waals surface area contributed by atoms with E-state index in [4.69, 9.17) is 15.6 Å². The van der Waals surface area contributed by atoms with Gasteiger partial charge in [-0.2, -0.15) is 0 Å². The number of ether oxygens (including phenoxy) is 1. The highest BCUT2D eigenvalue weighted by molar-refractivity contribution is 5.79. The topological polar surface area (TPSA) is 72.5 Å². The number of fused-ring (bicyclic) bond motifs is 3. The number of carbonyl (C=O) groups is 1. The Labute approximate surface area is 160 Å². The van der Waals surface area contributed by atoms with Crippen molar-refractivity contribution in [3.63, 3.8) is 0 Å². The van der Waals surface area contributed by atoms with E-state index in [1.165, 1.54) is 5.56 Å². The molecule has 0 spiro atoms. The van der Waals surface area contributed by atoms with Gasteiger partial charge in [-0.05, 0) is 67.1 Å². The van der Waals surface area contributed by atoms with Crippen LogP contribution in [0.1, 0.15) is 56.9 Å². The van der Waals surface area contributed by atoms with Crippen LogP contribution in [0.25, 0.3) is 0 Å². The largest absolute Gasteiger partial charge is 0.489 e. The number of carbonyl (C=O) groups excluding carboxylic acids is 1. The molecule has 3 N–H and O–H groups in total. The summed E-state index contributed by atoms with van der Waals surface area (Å²) in [6, 6.07) is 8.17. The van der Waals surface area contributed by atoms with Gasteiger partial charge in [0.05, 0.1) is 6.33 Å². The molecule has 3 aliphatic carbocycles. The minimum absolute atomic E-state index is 0.0405. The van der Waals surface area contributed by atoms with Crippen LogP contribution in [0.4, 0.5) is 4.39 Å². The van der Waals surface area contributed by atoms with Crippen molar-refractivity contribution < 1.29 is 19.0 Å². The number of aliphatic hydroxyl groups excluding tert-OH is 1. The van der Waals surface area contributed by atoms with E-state index in [1.54, 1.807) is 0 Å². The zero-order valence-electron chi connectivity index (χ0n) is 15.9. The Morgan fingerprint density at radius 3 is 2.30 bits per heavy atom. The molecule has 4 rings (SSSR count). The van der Waals surface area contributed by atoms with E-state index in [9.17, 15) is 9.18 Å². The van der Waals surface area contributed by atoms with E-state index in [0.29, 0.717) is 18.3 Å². The minimum Gasteiger partial charge on any atom is -0.489 e. The quantitative estimate of drug-likeness (QED) is 0.688. The highest BCUT2D eigenvalue weighted by Crippen LogP contribution is 2.59. The molecule has 0 heterocycles. The molecule has 0 saturated heterocycles. The molecule has 0 atom stereocenters. The standard InChI is InChI=1S/C22H30FNO3/c23-14-17(15-24)16-27-20-3-1-18(2-4-20)22-9-6-21(7-10-22,8-11-22)13-19(26)5-12-25/h1-4,14,25H,5-13,15-16,24H2/b17-14+. The van der Waals surface area contributed by atoms with Crippen molar-refractivity contribution in [1.82, 2.24) is 0 Å². The molecule has 0 aromatic heterocycles. The molecule has 4 nitrogen and oxygen atoms in total. The second-order valence-electron chi connectivity index (χ2n) is 8.25. The van der Waals surface area contributed by atoms with Gasteiger partial charge < -0.3 is 15.6 Å². The second kappa shape index (κ2) is 8.53. The molecule has 5 heteroatoms. The number of hydrogen-bond donors (Lipinski definition) is 2. The first kappa shape index (κ1) is 20.0. The summed E-state index contributed by atoms with van der Waals surface area (Å²) < 4.78 is 18.2. The van der Waals surface area contributed by atoms with Crippen LogP contribution < -0.4 is 10.5 Å². The van der Waals surface area contributed by atoms with Crippen molar-refractivity contribution >= 4 is 5.78 Å². The van der Waals surface area contributed by atoms with Crippen molar-refractivity contribution in [1.29, 1.82) is 0 Å². The summed E-state index contributed by atoms with van der Waals surface area (Å²) in [5.41, 5.74) is 7.59. The molecule has 0 amide bonds. The van der Waals surface area contributed by atoms with Crippen LogP contribution in [-0.4, -0.2) is 30.6 Å². The van der Waals surface area contributed by atoms with Crippen molar-refractivity contribution in [2.45, 2.75) is 56.8 Å². The Hall–Kier alpha value is -1.72. The lowest BCUT2D eigenvalue weighted by atomic mass is 9.51. The second-order valence-corrected chi connectivity index (χ2v) is 8.25. The van der Waals surface area contributed by atoms with E-state index in [2.05, 4.69) is 12.1 Å². The molecule has 0 unspecified atom stereocenters. The Bertz CT molecular complexity index is 659. The third kappa shape index (κ3) is 4.41. The van der Waals surface area contributed by atoms with Gasteiger partial charge in [-0.3, -0.25) is 4.79 Å². The van der Waals surface area contributed by atoms with Gasteiger partial charge in [0.1, 0.15) is 18.1 Å². The third-order valence-electron chi connectivity index (χ3n) is 6.67. The average Bonchev–Trinajstić information content (AvgIpc) is 2.70. The van der Waals surface area contributed by atoms with Crippen LogP contribution in [0, 0.1) is 5.41 Å². The summed E-state index contributed by atoms with van der Waals surface area (Å²) in [7, 11) is 0. The molecule has 3 aliphatic rings. The summed E-state index contributed by atoms with van der Waals surface area (Å²) in [5, 5.41) is 8.98. The highest BCUT2D eigenvalue weighted by atomic mass is 19.1. The maximum absolute atomic E-state index is 12.6. The number of rotatable bonds is 9. The fourth-order valence-electron chi connectivity index (χ4n) is 4.81. The van der Waals surface area contributed by atoms with E-state index >= 15 is 0 Å². The van der Waals surface area contributed by atoms with Gasteiger partial charge in [-0.1, -0.05) is 12.1 Å². The van der Waals surface area contributed by atoms with Crippen LogP contribution in [0.5, 0.6) is 5.75 Å². The number of hydrogen-bond acceptors (Lipinski definition) is 4. The fraction of sp³-hybridized carbons (Fsp3) is 0.591. The van der Waals surface area contributed by atoms with E-state index in [0.717, 1.165) is 44.3 Å². The summed E-state index contributed by atoms with van der Waals surface area (Å²) in [4.78, 5) is 12.0. The monoisotopic (exact) mass is 375 g/mol. The first-order chi connectivity index (χ1) is 13.0. The Morgan fingerprint density at radius 2 is 1.78 bits per heavy atom. The van der Waals surface area contributed by atoms with E-state index < -0.39 is 0 Å². The number of nitrogens with two attached hydrogens (primary N) is 1. The highest BCUT2D eigenvalue weighted by Gasteiger charge is 2.49. The predicted molar refractivity (Wildman–Crippen MR) is 103 cm³/mol. The van der Waals surface area contributed by atoms with Crippen LogP contribution in [0.2, 0.25) is 0 Å². The summed E-state index contributed by atoms with van der Waals surface area (Å²) >= 11 is 0. The summed E-state index contributed by atoms with van der Waals surface area (Å²) in [6.45, 7) is 0.281. The number of benzene rings is 1. The van der Waals surface area contributed by atoms with E-state index in [1.807, 2.05) is 12.1 Å². The molecule has 3 saturated carbocycles. The first-order valence-corrected chi connectivity index (χ1v) is 9.89. The van der Waals surface area contributed by atoms with Crippen LogP contribution in [0.3, 0.4) is 0 Å². The molecule has 1 aromatic rings. The van der Waals surface area contributed by atoms with Gasteiger partial charge in [-0.25, -0.2) is 4.39 Å². The summed E-state index contributed by atoms with van der Waals surface area (Å²) in [5.74, 6) is 0.922. The molecule has 27 heavy (non-hydrogen) atoms. The lowest BCUT2D eigenvalue weighted by Gasteiger charge is -2.54. The molecule has 148 valence electrons. The molecular weight excluding hydrogens is 345 g/mol. The van der Waals surface area contributed by atoms with Crippen LogP contribution >= 0.6 is 0 Å². The third-order valence-corrected chi connectivity index (χ3v) is 6.67. The van der Waals surface area contributed by atoms with Gasteiger partial charge in [0.25, 0.3) is 0 Å². The van der Waals surface area contributed by atoms with E-state index in [-0.39, 0.29) is 42.8 Å². The van der Waals surface area contributed by atoms with Crippen molar-refractivity contribution in [3.05, 3.63) is 41.7 Å². The fourth-order valence-corrected chi connectivity index (χ4v) is 4.81. The normalized spacial score (nSPS) is 27.6. The number of halogens is 1. The molecular formula is C22H30FNO3. The first-order valence-electron chi connectivity index (χ1n) is 9.89. The zero-order chi connectivity index (χ0) is 19.3. The van der Waals surface area contributed by atoms with Gasteiger partial charge in [0.15, 0.2) is 0 Å². The van der Waals surface area contributed by atoms with Crippen LogP contribution in [0.15, 0.2) is 36.2 Å². The smallest absolute Gasteiger partial charge is 0.135 e. The maximum atomic E-state index is 12.6. The van der Waals surface area contributed by atoms with Gasteiger partial charge in [0, 0.05) is 31.6 Å². The number of ketones is 1. The molecule has 1 aromatic carbocycles. The zero-order valence-corrected chi connectivity index (χ0v) is 15.9. The summed E-state index contributed by atoms with van der Waals surface area (Å²) in [6.07, 6.45) is 8.02. The maximum Gasteiger partial charge on any atom is 0.135 e. The Kier molecular flexibility index (Phi) is 6.33. The Morgan fingerprint density at radius 1 is 1.15 bits per heavy atom. The van der Waals surface area contributed by atoms with Gasteiger partial charge in [0.2, 0.25) is 0 Å².